The average Bonchev–Trinajstić information content (AvgIpc) is 2.49. The molecule has 0 atom stereocenters. The Morgan fingerprint density at radius 1 is 1.40 bits per heavy atom. The van der Waals surface area contributed by atoms with Crippen LogP contribution in [0.25, 0.3) is 0 Å². The number of hydrogen-bond donors (Lipinski definition) is 2. The molecule has 0 radical (unpaired) electrons. The van der Waals surface area contributed by atoms with Crippen molar-refractivity contribution in [2.24, 2.45) is 10.9 Å². The molecule has 0 saturated heterocycles. The Balaban J connectivity index is 2.05. The van der Waals surface area contributed by atoms with Gasteiger partial charge in [0.1, 0.15) is 5.82 Å². The molecule has 0 heterocycles. The van der Waals surface area contributed by atoms with E-state index in [-0.39, 0.29) is 11.7 Å². The topological polar surface area (TPSA) is 61.8 Å². The maximum Gasteiger partial charge on any atom is 0.170 e. The van der Waals surface area contributed by atoms with Crippen molar-refractivity contribution in [1.29, 1.82) is 0 Å². The predicted octanol–water partition coefficient (Wildman–Crippen LogP) is 2.68. The molecule has 2 rings (SSSR count). The summed E-state index contributed by atoms with van der Waals surface area (Å²) in [5, 5.41) is 11.5. The number of amidine groups is 1. The van der Waals surface area contributed by atoms with Gasteiger partial charge in [0.15, 0.2) is 5.84 Å². The van der Waals surface area contributed by atoms with Crippen molar-refractivity contribution in [1.82, 2.24) is 4.90 Å². The van der Waals surface area contributed by atoms with Crippen LogP contribution in [0.15, 0.2) is 23.4 Å². The van der Waals surface area contributed by atoms with E-state index in [1.54, 1.807) is 12.1 Å². The van der Waals surface area contributed by atoms with Crippen molar-refractivity contribution in [3.63, 3.8) is 0 Å². The molecule has 0 unspecified atom stereocenters. The minimum Gasteiger partial charge on any atom is -0.409 e. The second kappa shape index (κ2) is 6.70. The molecule has 1 aliphatic rings. The first-order valence-corrected chi connectivity index (χ1v) is 7.08. The summed E-state index contributed by atoms with van der Waals surface area (Å²) in [5.41, 5.74) is 6.50. The molecule has 110 valence electrons. The maximum atomic E-state index is 14.1. The summed E-state index contributed by atoms with van der Waals surface area (Å²) in [7, 11) is 2.05. The smallest absolute Gasteiger partial charge is 0.170 e. The van der Waals surface area contributed by atoms with Crippen LogP contribution in [-0.2, 0) is 6.54 Å². The Morgan fingerprint density at radius 3 is 2.70 bits per heavy atom. The van der Waals surface area contributed by atoms with Gasteiger partial charge in [-0.05, 0) is 26.0 Å². The van der Waals surface area contributed by atoms with Gasteiger partial charge in [-0.25, -0.2) is 4.39 Å². The first-order chi connectivity index (χ1) is 9.61. The van der Waals surface area contributed by atoms with Crippen LogP contribution >= 0.6 is 0 Å². The third-order valence-corrected chi connectivity index (χ3v) is 4.07. The Morgan fingerprint density at radius 2 is 2.10 bits per heavy atom. The molecule has 1 fully saturated rings. The van der Waals surface area contributed by atoms with Gasteiger partial charge in [0.25, 0.3) is 0 Å². The van der Waals surface area contributed by atoms with Crippen LogP contribution in [0.1, 0.15) is 43.2 Å². The summed E-state index contributed by atoms with van der Waals surface area (Å²) >= 11 is 0. The maximum absolute atomic E-state index is 14.1. The summed E-state index contributed by atoms with van der Waals surface area (Å²) in [6, 6.07) is 5.26. The van der Waals surface area contributed by atoms with Crippen LogP contribution in [0, 0.1) is 5.82 Å². The molecule has 3 N–H and O–H groups in total. The molecule has 0 aromatic heterocycles. The standard InChI is InChI=1S/C15H22FN3O/c1-19(13-5-3-2-4-6-13)10-12-8-7-11(9-14(12)16)15(17)18-20/h7-9,13,20H,2-6,10H2,1H3,(H2,17,18). The van der Waals surface area contributed by atoms with E-state index >= 15 is 0 Å². The summed E-state index contributed by atoms with van der Waals surface area (Å²) in [5.74, 6) is -0.382. The van der Waals surface area contributed by atoms with Crippen molar-refractivity contribution >= 4 is 5.84 Å². The number of oxime groups is 1. The molecule has 0 bridgehead atoms. The summed E-state index contributed by atoms with van der Waals surface area (Å²) in [6.07, 6.45) is 6.23. The van der Waals surface area contributed by atoms with Crippen LogP contribution in [0.4, 0.5) is 4.39 Å². The Hall–Kier alpha value is -1.62. The predicted molar refractivity (Wildman–Crippen MR) is 77.3 cm³/mol. The molecular weight excluding hydrogens is 257 g/mol. The molecule has 20 heavy (non-hydrogen) atoms. The third kappa shape index (κ3) is 3.48. The first-order valence-electron chi connectivity index (χ1n) is 7.08. The van der Waals surface area contributed by atoms with Gasteiger partial charge < -0.3 is 10.9 Å². The second-order valence-corrected chi connectivity index (χ2v) is 5.50. The monoisotopic (exact) mass is 279 g/mol. The molecular formula is C15H22FN3O. The first kappa shape index (κ1) is 14.8. The third-order valence-electron chi connectivity index (χ3n) is 4.07. The van der Waals surface area contributed by atoms with Crippen LogP contribution in [0.5, 0.6) is 0 Å². The summed E-state index contributed by atoms with van der Waals surface area (Å²) < 4.78 is 14.1. The molecule has 1 aromatic carbocycles. The Bertz CT molecular complexity index is 484. The molecule has 1 saturated carbocycles. The Kier molecular flexibility index (Phi) is 4.95. The van der Waals surface area contributed by atoms with E-state index in [1.165, 1.54) is 38.2 Å². The normalized spacial score (nSPS) is 17.6. The van der Waals surface area contributed by atoms with Gasteiger partial charge in [0.2, 0.25) is 0 Å². The van der Waals surface area contributed by atoms with Crippen molar-refractivity contribution in [3.8, 4) is 0 Å². The minimum atomic E-state index is -0.309. The van der Waals surface area contributed by atoms with E-state index in [1.807, 2.05) is 7.05 Å². The lowest BCUT2D eigenvalue weighted by molar-refractivity contribution is 0.182. The van der Waals surface area contributed by atoms with E-state index in [9.17, 15) is 4.39 Å². The molecule has 0 spiro atoms. The van der Waals surface area contributed by atoms with Crippen molar-refractivity contribution in [2.75, 3.05) is 7.05 Å². The lowest BCUT2D eigenvalue weighted by Crippen LogP contribution is -2.33. The van der Waals surface area contributed by atoms with Gasteiger partial charge in [-0.2, -0.15) is 0 Å². The van der Waals surface area contributed by atoms with E-state index in [0.717, 1.165) is 0 Å². The highest BCUT2D eigenvalue weighted by Gasteiger charge is 2.19. The minimum absolute atomic E-state index is 0.0731. The van der Waals surface area contributed by atoms with Gasteiger partial charge in [0, 0.05) is 23.7 Å². The second-order valence-electron chi connectivity index (χ2n) is 5.50. The highest BCUT2D eigenvalue weighted by atomic mass is 19.1. The lowest BCUT2D eigenvalue weighted by atomic mass is 9.94. The fourth-order valence-corrected chi connectivity index (χ4v) is 2.81. The van der Waals surface area contributed by atoms with Crippen LogP contribution in [0.3, 0.4) is 0 Å². The highest BCUT2D eigenvalue weighted by Crippen LogP contribution is 2.23. The van der Waals surface area contributed by atoms with Gasteiger partial charge in [-0.3, -0.25) is 4.90 Å². The van der Waals surface area contributed by atoms with Crippen molar-refractivity contribution in [2.45, 2.75) is 44.7 Å². The zero-order valence-electron chi connectivity index (χ0n) is 11.8. The Labute approximate surface area is 119 Å². The van der Waals surface area contributed by atoms with Gasteiger partial charge >= 0.3 is 0 Å². The number of halogens is 1. The van der Waals surface area contributed by atoms with Crippen LogP contribution < -0.4 is 5.73 Å². The van der Waals surface area contributed by atoms with E-state index in [0.29, 0.717) is 23.7 Å². The molecule has 1 aromatic rings. The number of nitrogens with zero attached hydrogens (tertiary/aromatic N) is 2. The number of hydrogen-bond acceptors (Lipinski definition) is 3. The zero-order valence-corrected chi connectivity index (χ0v) is 11.8. The summed E-state index contributed by atoms with van der Waals surface area (Å²) in [4.78, 5) is 2.22. The van der Waals surface area contributed by atoms with Crippen LogP contribution in [0.2, 0.25) is 0 Å². The van der Waals surface area contributed by atoms with Gasteiger partial charge in [-0.1, -0.05) is 36.6 Å². The van der Waals surface area contributed by atoms with Gasteiger partial charge in [-0.15, -0.1) is 0 Å². The van der Waals surface area contributed by atoms with E-state index in [4.69, 9.17) is 10.9 Å². The average molecular weight is 279 g/mol. The largest absolute Gasteiger partial charge is 0.409 e. The molecule has 0 amide bonds. The van der Waals surface area contributed by atoms with E-state index in [2.05, 4.69) is 10.1 Å². The highest BCUT2D eigenvalue weighted by molar-refractivity contribution is 5.97. The van der Waals surface area contributed by atoms with Gasteiger partial charge in [0.05, 0.1) is 0 Å². The SMILES string of the molecule is CN(Cc1ccc(/C(N)=N/O)cc1F)C1CCCCC1. The molecule has 4 nitrogen and oxygen atoms in total. The molecule has 1 aliphatic carbocycles. The molecule has 0 aliphatic heterocycles. The fourth-order valence-electron chi connectivity index (χ4n) is 2.81. The van der Waals surface area contributed by atoms with E-state index < -0.39 is 0 Å². The number of rotatable bonds is 4. The van der Waals surface area contributed by atoms with Crippen molar-refractivity contribution in [3.05, 3.63) is 35.1 Å². The number of nitrogens with two attached hydrogens (primary N) is 1. The lowest BCUT2D eigenvalue weighted by Gasteiger charge is -2.31. The fraction of sp³-hybridized carbons (Fsp3) is 0.533. The van der Waals surface area contributed by atoms with Crippen molar-refractivity contribution < 1.29 is 9.60 Å². The summed E-state index contributed by atoms with van der Waals surface area (Å²) in [6.45, 7) is 0.590. The molecule has 5 heteroatoms. The zero-order chi connectivity index (χ0) is 14.5. The van der Waals surface area contributed by atoms with Crippen LogP contribution in [-0.4, -0.2) is 29.0 Å². The quantitative estimate of drug-likeness (QED) is 0.385. The number of benzene rings is 1.